The lowest BCUT2D eigenvalue weighted by molar-refractivity contribution is 0.799. The topological polar surface area (TPSA) is 52.9 Å². The molecule has 0 unspecified atom stereocenters. The summed E-state index contributed by atoms with van der Waals surface area (Å²) < 4.78 is 3.24. The molecule has 4 heteroatoms. The van der Waals surface area contributed by atoms with Crippen LogP contribution in [0.4, 0.5) is 0 Å². The zero-order valence-electron chi connectivity index (χ0n) is 9.97. The summed E-state index contributed by atoms with van der Waals surface area (Å²) >= 11 is 0. The van der Waals surface area contributed by atoms with E-state index in [9.17, 15) is 4.79 Å². The first-order valence-corrected chi connectivity index (χ1v) is 5.76. The molecule has 1 aromatic carbocycles. The number of rotatable bonds is 4. The molecule has 0 aliphatic carbocycles. The van der Waals surface area contributed by atoms with E-state index in [2.05, 4.69) is 0 Å². The fraction of sp³-hybridized carbons (Fsp3) is 0.308. The van der Waals surface area contributed by atoms with Crippen LogP contribution in [0.2, 0.25) is 0 Å². The first-order chi connectivity index (χ1) is 8.24. The second kappa shape index (κ2) is 5.01. The van der Waals surface area contributed by atoms with Crippen molar-refractivity contribution in [1.82, 2.24) is 9.13 Å². The highest BCUT2D eigenvalue weighted by molar-refractivity contribution is 5.41. The monoisotopic (exact) mass is 231 g/mol. The molecule has 4 nitrogen and oxygen atoms in total. The van der Waals surface area contributed by atoms with E-state index in [-0.39, 0.29) is 5.69 Å². The van der Waals surface area contributed by atoms with Gasteiger partial charge in [-0.05, 0) is 31.0 Å². The second-order valence-electron chi connectivity index (χ2n) is 4.08. The van der Waals surface area contributed by atoms with Gasteiger partial charge in [-0.15, -0.1) is 0 Å². The van der Waals surface area contributed by atoms with E-state index in [0.29, 0.717) is 6.54 Å². The van der Waals surface area contributed by atoms with Crippen LogP contribution in [-0.4, -0.2) is 15.7 Å². The Morgan fingerprint density at radius 2 is 2.00 bits per heavy atom. The molecule has 2 N–H and O–H groups in total. The zero-order chi connectivity index (χ0) is 12.3. The SMILES string of the molecule is Cn1ccn(-c2ccccc2CCCN)c1=O. The van der Waals surface area contributed by atoms with Crippen molar-refractivity contribution in [2.75, 3.05) is 6.54 Å². The van der Waals surface area contributed by atoms with Gasteiger partial charge in [0.15, 0.2) is 0 Å². The highest BCUT2D eigenvalue weighted by atomic mass is 16.1. The maximum atomic E-state index is 11.9. The largest absolute Gasteiger partial charge is 0.332 e. The Labute approximate surface area is 100 Å². The summed E-state index contributed by atoms with van der Waals surface area (Å²) in [5, 5.41) is 0. The first-order valence-electron chi connectivity index (χ1n) is 5.76. The van der Waals surface area contributed by atoms with Crippen molar-refractivity contribution in [2.24, 2.45) is 12.8 Å². The van der Waals surface area contributed by atoms with Gasteiger partial charge in [0.1, 0.15) is 0 Å². The normalized spacial score (nSPS) is 10.7. The Morgan fingerprint density at radius 1 is 1.24 bits per heavy atom. The van der Waals surface area contributed by atoms with Gasteiger partial charge in [-0.25, -0.2) is 4.79 Å². The van der Waals surface area contributed by atoms with Crippen LogP contribution in [0.3, 0.4) is 0 Å². The van der Waals surface area contributed by atoms with E-state index >= 15 is 0 Å². The molecule has 0 amide bonds. The molecule has 17 heavy (non-hydrogen) atoms. The Balaban J connectivity index is 2.44. The molecule has 0 radical (unpaired) electrons. The quantitative estimate of drug-likeness (QED) is 0.855. The molecular weight excluding hydrogens is 214 g/mol. The Kier molecular flexibility index (Phi) is 3.44. The van der Waals surface area contributed by atoms with Crippen LogP contribution in [0.5, 0.6) is 0 Å². The van der Waals surface area contributed by atoms with Crippen LogP contribution < -0.4 is 11.4 Å². The molecular formula is C13H17N3O. The standard InChI is InChI=1S/C13H17N3O/c1-15-9-10-16(13(15)17)12-7-3-2-5-11(12)6-4-8-14/h2-3,5,7,9-10H,4,6,8,14H2,1H3. The van der Waals surface area contributed by atoms with Crippen LogP contribution in [0.15, 0.2) is 41.5 Å². The lowest BCUT2D eigenvalue weighted by Crippen LogP contribution is -2.21. The number of nitrogens with two attached hydrogens (primary N) is 1. The number of aromatic nitrogens is 2. The third-order valence-electron chi connectivity index (χ3n) is 2.85. The average molecular weight is 231 g/mol. The van der Waals surface area contributed by atoms with Gasteiger partial charge in [-0.3, -0.25) is 4.57 Å². The summed E-state index contributed by atoms with van der Waals surface area (Å²) in [5.74, 6) is 0. The number of para-hydroxylation sites is 1. The summed E-state index contributed by atoms with van der Waals surface area (Å²) in [6.45, 7) is 0.665. The number of imidazole rings is 1. The van der Waals surface area contributed by atoms with Crippen LogP contribution >= 0.6 is 0 Å². The van der Waals surface area contributed by atoms with Gasteiger partial charge in [0.25, 0.3) is 0 Å². The maximum absolute atomic E-state index is 11.9. The number of benzene rings is 1. The van der Waals surface area contributed by atoms with Crippen molar-refractivity contribution in [2.45, 2.75) is 12.8 Å². The highest BCUT2D eigenvalue weighted by Gasteiger charge is 2.07. The van der Waals surface area contributed by atoms with E-state index in [1.807, 2.05) is 24.3 Å². The molecule has 1 heterocycles. The summed E-state index contributed by atoms with van der Waals surface area (Å²) in [4.78, 5) is 11.9. The molecule has 0 spiro atoms. The van der Waals surface area contributed by atoms with Gasteiger partial charge in [-0.1, -0.05) is 18.2 Å². The second-order valence-corrected chi connectivity index (χ2v) is 4.08. The first kappa shape index (κ1) is 11.7. The number of hydrogen-bond acceptors (Lipinski definition) is 2. The van der Waals surface area contributed by atoms with E-state index in [1.165, 1.54) is 0 Å². The lowest BCUT2D eigenvalue weighted by atomic mass is 10.1. The van der Waals surface area contributed by atoms with Gasteiger partial charge < -0.3 is 10.3 Å². The van der Waals surface area contributed by atoms with Gasteiger partial charge in [0.2, 0.25) is 0 Å². The maximum Gasteiger partial charge on any atom is 0.332 e. The van der Waals surface area contributed by atoms with Crippen molar-refractivity contribution in [1.29, 1.82) is 0 Å². The van der Waals surface area contributed by atoms with Crippen molar-refractivity contribution < 1.29 is 0 Å². The molecule has 2 aromatic rings. The lowest BCUT2D eigenvalue weighted by Gasteiger charge is -2.08. The minimum absolute atomic E-state index is 0.0230. The average Bonchev–Trinajstić information content (AvgIpc) is 2.68. The summed E-state index contributed by atoms with van der Waals surface area (Å²) in [6, 6.07) is 7.95. The highest BCUT2D eigenvalue weighted by Crippen LogP contribution is 2.14. The summed E-state index contributed by atoms with van der Waals surface area (Å²) in [7, 11) is 1.75. The third-order valence-corrected chi connectivity index (χ3v) is 2.85. The predicted octanol–water partition coefficient (Wildman–Crippen LogP) is 1.07. The minimum atomic E-state index is -0.0230. The van der Waals surface area contributed by atoms with Gasteiger partial charge in [0.05, 0.1) is 5.69 Å². The molecule has 0 bridgehead atoms. The van der Waals surface area contributed by atoms with Crippen molar-refractivity contribution in [3.63, 3.8) is 0 Å². The molecule has 0 atom stereocenters. The Bertz CT molecular complexity index is 554. The van der Waals surface area contributed by atoms with E-state index in [0.717, 1.165) is 24.1 Å². The molecule has 0 aliphatic rings. The van der Waals surface area contributed by atoms with E-state index < -0.39 is 0 Å². The third kappa shape index (κ3) is 2.31. The fourth-order valence-electron chi connectivity index (χ4n) is 1.90. The molecule has 0 saturated carbocycles. The smallest absolute Gasteiger partial charge is 0.330 e. The van der Waals surface area contributed by atoms with Gasteiger partial charge in [0, 0.05) is 19.4 Å². The van der Waals surface area contributed by atoms with Gasteiger partial charge >= 0.3 is 5.69 Å². The number of hydrogen-bond donors (Lipinski definition) is 1. The van der Waals surface area contributed by atoms with E-state index in [4.69, 9.17) is 5.73 Å². The molecule has 1 aromatic heterocycles. The molecule has 0 fully saturated rings. The zero-order valence-corrected chi connectivity index (χ0v) is 9.97. The number of aryl methyl sites for hydroxylation is 2. The van der Waals surface area contributed by atoms with E-state index in [1.54, 1.807) is 28.6 Å². The predicted molar refractivity (Wildman–Crippen MR) is 68.4 cm³/mol. The van der Waals surface area contributed by atoms with Crippen LogP contribution in [0, 0.1) is 0 Å². The number of nitrogens with zero attached hydrogens (tertiary/aromatic N) is 2. The van der Waals surface area contributed by atoms with Crippen LogP contribution in [0.1, 0.15) is 12.0 Å². The van der Waals surface area contributed by atoms with Crippen molar-refractivity contribution in [3.05, 3.63) is 52.7 Å². The minimum Gasteiger partial charge on any atom is -0.330 e. The van der Waals surface area contributed by atoms with Crippen molar-refractivity contribution >= 4 is 0 Å². The summed E-state index contributed by atoms with van der Waals surface area (Å²) in [6.07, 6.45) is 5.39. The van der Waals surface area contributed by atoms with Crippen molar-refractivity contribution in [3.8, 4) is 5.69 Å². The van der Waals surface area contributed by atoms with Crippen LogP contribution in [-0.2, 0) is 13.5 Å². The molecule has 90 valence electrons. The fourth-order valence-corrected chi connectivity index (χ4v) is 1.90. The van der Waals surface area contributed by atoms with Crippen LogP contribution in [0.25, 0.3) is 5.69 Å². The van der Waals surface area contributed by atoms with Gasteiger partial charge in [-0.2, -0.15) is 0 Å². The Morgan fingerprint density at radius 3 is 2.65 bits per heavy atom. The molecule has 0 saturated heterocycles. The summed E-state index contributed by atoms with van der Waals surface area (Å²) in [5.41, 5.74) is 7.61. The molecule has 0 aliphatic heterocycles. The molecule has 2 rings (SSSR count). The Hall–Kier alpha value is -1.81.